The van der Waals surface area contributed by atoms with E-state index in [0.29, 0.717) is 5.56 Å². The third-order valence-electron chi connectivity index (χ3n) is 3.29. The lowest BCUT2D eigenvalue weighted by Gasteiger charge is -2.32. The van der Waals surface area contributed by atoms with Gasteiger partial charge in [0.2, 0.25) is 0 Å². The molecule has 0 aromatic heterocycles. The SMILES string of the molecule is CC(C)(C)OCC(O)(c1ccccc1)c1ccc(F)cc1. The van der Waals surface area contributed by atoms with Crippen LogP contribution in [0.3, 0.4) is 0 Å². The van der Waals surface area contributed by atoms with Crippen LogP contribution < -0.4 is 0 Å². The zero-order valence-electron chi connectivity index (χ0n) is 12.6. The van der Waals surface area contributed by atoms with Gasteiger partial charge in [0.05, 0.1) is 12.2 Å². The maximum atomic E-state index is 13.1. The molecule has 0 saturated heterocycles. The monoisotopic (exact) mass is 288 g/mol. The van der Waals surface area contributed by atoms with Gasteiger partial charge in [0.1, 0.15) is 11.4 Å². The van der Waals surface area contributed by atoms with Crippen molar-refractivity contribution in [1.82, 2.24) is 0 Å². The second kappa shape index (κ2) is 5.96. The summed E-state index contributed by atoms with van der Waals surface area (Å²) in [6.45, 7) is 5.90. The highest BCUT2D eigenvalue weighted by molar-refractivity contribution is 5.36. The molecule has 1 N–H and O–H groups in total. The normalized spacial score (nSPS) is 14.7. The molecule has 2 aromatic rings. The van der Waals surface area contributed by atoms with Gasteiger partial charge in [-0.15, -0.1) is 0 Å². The van der Waals surface area contributed by atoms with Crippen LogP contribution in [-0.2, 0) is 10.3 Å². The van der Waals surface area contributed by atoms with E-state index in [-0.39, 0.29) is 18.0 Å². The summed E-state index contributed by atoms with van der Waals surface area (Å²) in [6.07, 6.45) is 0. The molecular formula is C18H21FO2. The Hall–Kier alpha value is -1.71. The van der Waals surface area contributed by atoms with Crippen molar-refractivity contribution in [1.29, 1.82) is 0 Å². The number of aliphatic hydroxyl groups is 1. The summed E-state index contributed by atoms with van der Waals surface area (Å²) in [5.41, 5.74) is -0.342. The van der Waals surface area contributed by atoms with Crippen LogP contribution in [0, 0.1) is 5.82 Å². The molecule has 2 aromatic carbocycles. The molecule has 2 nitrogen and oxygen atoms in total. The first kappa shape index (κ1) is 15.7. The van der Waals surface area contributed by atoms with Gasteiger partial charge in [-0.25, -0.2) is 4.39 Å². The quantitative estimate of drug-likeness (QED) is 0.925. The summed E-state index contributed by atoms with van der Waals surface area (Å²) in [6, 6.07) is 15.2. The highest BCUT2D eigenvalue weighted by atomic mass is 19.1. The van der Waals surface area contributed by atoms with Crippen LogP contribution in [0.5, 0.6) is 0 Å². The second-order valence-corrected chi connectivity index (χ2v) is 6.13. The molecular weight excluding hydrogens is 267 g/mol. The van der Waals surface area contributed by atoms with Crippen molar-refractivity contribution in [2.45, 2.75) is 32.0 Å². The van der Waals surface area contributed by atoms with Crippen molar-refractivity contribution >= 4 is 0 Å². The molecule has 0 aliphatic rings. The topological polar surface area (TPSA) is 29.5 Å². The van der Waals surface area contributed by atoms with Gasteiger partial charge >= 0.3 is 0 Å². The average Bonchev–Trinajstić information content (AvgIpc) is 2.46. The van der Waals surface area contributed by atoms with E-state index < -0.39 is 5.60 Å². The molecule has 0 amide bonds. The maximum absolute atomic E-state index is 13.1. The molecule has 0 fully saturated rings. The number of hydrogen-bond donors (Lipinski definition) is 1. The Labute approximate surface area is 125 Å². The summed E-state index contributed by atoms with van der Waals surface area (Å²) >= 11 is 0. The number of benzene rings is 2. The van der Waals surface area contributed by atoms with Gasteiger partial charge in [-0.05, 0) is 44.0 Å². The van der Waals surface area contributed by atoms with Gasteiger partial charge in [0, 0.05) is 0 Å². The van der Waals surface area contributed by atoms with Crippen LogP contribution in [0.4, 0.5) is 4.39 Å². The summed E-state index contributed by atoms with van der Waals surface area (Å²) in [4.78, 5) is 0. The lowest BCUT2D eigenvalue weighted by atomic mass is 9.87. The lowest BCUT2D eigenvalue weighted by Crippen LogP contribution is -2.36. The summed E-state index contributed by atoms with van der Waals surface area (Å²) < 4.78 is 18.9. The molecule has 0 spiro atoms. The van der Waals surface area contributed by atoms with E-state index in [2.05, 4.69) is 0 Å². The van der Waals surface area contributed by atoms with Crippen LogP contribution in [0.1, 0.15) is 31.9 Å². The molecule has 3 heteroatoms. The fourth-order valence-electron chi connectivity index (χ4n) is 2.09. The Morgan fingerprint density at radius 3 is 1.95 bits per heavy atom. The van der Waals surface area contributed by atoms with Gasteiger partial charge < -0.3 is 9.84 Å². The molecule has 21 heavy (non-hydrogen) atoms. The van der Waals surface area contributed by atoms with Crippen molar-refractivity contribution in [2.75, 3.05) is 6.61 Å². The number of hydrogen-bond acceptors (Lipinski definition) is 2. The zero-order chi connectivity index (χ0) is 15.5. The minimum absolute atomic E-state index is 0.103. The van der Waals surface area contributed by atoms with Crippen LogP contribution in [-0.4, -0.2) is 17.3 Å². The fraction of sp³-hybridized carbons (Fsp3) is 0.333. The number of halogens is 1. The van der Waals surface area contributed by atoms with Crippen molar-refractivity contribution in [3.05, 3.63) is 71.5 Å². The summed E-state index contributed by atoms with van der Waals surface area (Å²) in [5, 5.41) is 11.2. The highest BCUT2D eigenvalue weighted by Crippen LogP contribution is 2.31. The van der Waals surface area contributed by atoms with Crippen molar-refractivity contribution in [2.24, 2.45) is 0 Å². The first-order valence-corrected chi connectivity index (χ1v) is 6.99. The molecule has 0 bridgehead atoms. The molecule has 1 atom stereocenters. The van der Waals surface area contributed by atoms with E-state index in [0.717, 1.165) is 5.56 Å². The van der Waals surface area contributed by atoms with E-state index in [1.807, 2.05) is 51.1 Å². The predicted octanol–water partition coefficient (Wildman–Crippen LogP) is 3.88. The minimum atomic E-state index is -1.30. The van der Waals surface area contributed by atoms with Gasteiger partial charge in [0.15, 0.2) is 0 Å². The lowest BCUT2D eigenvalue weighted by molar-refractivity contribution is -0.0842. The van der Waals surface area contributed by atoms with E-state index >= 15 is 0 Å². The first-order valence-electron chi connectivity index (χ1n) is 6.99. The van der Waals surface area contributed by atoms with E-state index in [9.17, 15) is 9.50 Å². The Balaban J connectivity index is 2.41. The number of ether oxygens (including phenoxy) is 1. The Morgan fingerprint density at radius 1 is 0.905 bits per heavy atom. The summed E-state index contributed by atoms with van der Waals surface area (Å²) in [7, 11) is 0. The predicted molar refractivity (Wildman–Crippen MR) is 81.5 cm³/mol. The minimum Gasteiger partial charge on any atom is -0.378 e. The molecule has 0 radical (unpaired) electrons. The first-order chi connectivity index (χ1) is 9.81. The third-order valence-corrected chi connectivity index (χ3v) is 3.29. The second-order valence-electron chi connectivity index (χ2n) is 6.13. The van der Waals surface area contributed by atoms with Crippen molar-refractivity contribution in [3.63, 3.8) is 0 Å². The molecule has 2 rings (SSSR count). The molecule has 0 saturated carbocycles. The van der Waals surface area contributed by atoms with Gasteiger partial charge in [-0.3, -0.25) is 0 Å². The van der Waals surface area contributed by atoms with Crippen LogP contribution >= 0.6 is 0 Å². The Morgan fingerprint density at radius 2 is 1.43 bits per heavy atom. The van der Waals surface area contributed by atoms with E-state index in [1.165, 1.54) is 12.1 Å². The summed E-state index contributed by atoms with van der Waals surface area (Å²) in [5.74, 6) is -0.328. The van der Waals surface area contributed by atoms with Crippen LogP contribution in [0.15, 0.2) is 54.6 Å². The standard InChI is InChI=1S/C18H21FO2/c1-17(2,3)21-13-18(20,14-7-5-4-6-8-14)15-9-11-16(19)12-10-15/h4-12,20H,13H2,1-3H3. The maximum Gasteiger partial charge on any atom is 0.138 e. The van der Waals surface area contributed by atoms with E-state index in [4.69, 9.17) is 4.74 Å². The smallest absolute Gasteiger partial charge is 0.138 e. The average molecular weight is 288 g/mol. The van der Waals surface area contributed by atoms with Crippen molar-refractivity contribution < 1.29 is 14.2 Å². The molecule has 0 heterocycles. The van der Waals surface area contributed by atoms with Crippen LogP contribution in [0.2, 0.25) is 0 Å². The molecule has 0 aliphatic heterocycles. The van der Waals surface area contributed by atoms with Gasteiger partial charge in [0.25, 0.3) is 0 Å². The highest BCUT2D eigenvalue weighted by Gasteiger charge is 2.33. The van der Waals surface area contributed by atoms with Gasteiger partial charge in [-0.1, -0.05) is 42.5 Å². The Bertz CT molecular complexity index is 572. The fourth-order valence-corrected chi connectivity index (χ4v) is 2.09. The van der Waals surface area contributed by atoms with E-state index in [1.54, 1.807) is 12.1 Å². The molecule has 0 aliphatic carbocycles. The number of rotatable bonds is 4. The molecule has 1 unspecified atom stereocenters. The third kappa shape index (κ3) is 3.90. The largest absolute Gasteiger partial charge is 0.378 e. The Kier molecular flexibility index (Phi) is 4.45. The molecule has 112 valence electrons. The van der Waals surface area contributed by atoms with Crippen LogP contribution in [0.25, 0.3) is 0 Å². The zero-order valence-corrected chi connectivity index (χ0v) is 12.6. The van der Waals surface area contributed by atoms with Crippen molar-refractivity contribution in [3.8, 4) is 0 Å². The van der Waals surface area contributed by atoms with Gasteiger partial charge in [-0.2, -0.15) is 0 Å².